The minimum Gasteiger partial charge on any atom is -0.322 e. The van der Waals surface area contributed by atoms with Crippen molar-refractivity contribution in [3.8, 4) is 0 Å². The average Bonchev–Trinajstić information content (AvgIpc) is 1.85. The van der Waals surface area contributed by atoms with Gasteiger partial charge in [0.2, 0.25) is 0 Å². The molecule has 0 saturated heterocycles. The fourth-order valence-corrected chi connectivity index (χ4v) is 0.837. The van der Waals surface area contributed by atoms with Crippen molar-refractivity contribution < 1.29 is 8.78 Å². The third kappa shape index (κ3) is 1.67. The van der Waals surface area contributed by atoms with Crippen LogP contribution in [0.4, 0.5) is 14.5 Å². The molecule has 54 valence electrons. The molecule has 0 atom stereocenters. The van der Waals surface area contributed by atoms with Crippen molar-refractivity contribution in [1.82, 2.24) is 0 Å². The third-order valence-electron chi connectivity index (χ3n) is 0.972. The van der Waals surface area contributed by atoms with Gasteiger partial charge < -0.3 is 4.34 Å². The van der Waals surface area contributed by atoms with Crippen molar-refractivity contribution in [2.45, 2.75) is 0 Å². The molecule has 0 fully saturated rings. The van der Waals surface area contributed by atoms with Gasteiger partial charge in [-0.2, -0.15) is 0 Å². The average molecular weight is 208 g/mol. The predicted octanol–water partition coefficient (Wildman–Crippen LogP) is 2.69. The number of halogens is 3. The SMILES string of the molecule is Fc1cc(F)cc(NBr)c1. The lowest BCUT2D eigenvalue weighted by Crippen LogP contribution is -1.84. The van der Waals surface area contributed by atoms with Crippen LogP contribution in [0.15, 0.2) is 18.2 Å². The second-order valence-corrected chi connectivity index (χ2v) is 2.15. The summed E-state index contributed by atoms with van der Waals surface area (Å²) in [5.74, 6) is -1.19. The molecule has 1 nitrogen and oxygen atoms in total. The monoisotopic (exact) mass is 207 g/mol. The molecule has 0 aliphatic heterocycles. The molecule has 1 rings (SSSR count). The van der Waals surface area contributed by atoms with E-state index < -0.39 is 11.6 Å². The number of benzene rings is 1. The Morgan fingerprint density at radius 2 is 1.60 bits per heavy atom. The molecule has 0 radical (unpaired) electrons. The highest BCUT2D eigenvalue weighted by molar-refractivity contribution is 9.10. The van der Waals surface area contributed by atoms with E-state index in [1.54, 1.807) is 0 Å². The Balaban J connectivity index is 3.06. The Hall–Kier alpha value is -0.640. The summed E-state index contributed by atoms with van der Waals surface area (Å²) in [6.45, 7) is 0. The Bertz CT molecular complexity index is 219. The highest BCUT2D eigenvalue weighted by Gasteiger charge is 1.97. The zero-order valence-corrected chi connectivity index (χ0v) is 6.45. The zero-order valence-electron chi connectivity index (χ0n) is 4.87. The summed E-state index contributed by atoms with van der Waals surface area (Å²) in [7, 11) is 0. The van der Waals surface area contributed by atoms with E-state index in [1.807, 2.05) is 0 Å². The van der Waals surface area contributed by atoms with Crippen LogP contribution in [0.2, 0.25) is 0 Å². The second-order valence-electron chi connectivity index (χ2n) is 1.75. The molecule has 0 unspecified atom stereocenters. The molecule has 0 aliphatic carbocycles. The van der Waals surface area contributed by atoms with Crippen molar-refractivity contribution in [2.75, 3.05) is 4.34 Å². The number of rotatable bonds is 1. The van der Waals surface area contributed by atoms with Crippen molar-refractivity contribution in [1.29, 1.82) is 0 Å². The number of hydrogen-bond donors (Lipinski definition) is 1. The summed E-state index contributed by atoms with van der Waals surface area (Å²) in [5.41, 5.74) is 0.359. The van der Waals surface area contributed by atoms with Gasteiger partial charge in [-0.1, -0.05) is 0 Å². The van der Waals surface area contributed by atoms with E-state index in [-0.39, 0.29) is 0 Å². The highest BCUT2D eigenvalue weighted by Crippen LogP contribution is 2.13. The first-order chi connectivity index (χ1) is 4.72. The predicted molar refractivity (Wildman–Crippen MR) is 38.9 cm³/mol. The number of nitrogens with one attached hydrogen (secondary N) is 1. The van der Waals surface area contributed by atoms with Crippen LogP contribution >= 0.6 is 16.1 Å². The van der Waals surface area contributed by atoms with Crippen LogP contribution < -0.4 is 4.34 Å². The van der Waals surface area contributed by atoms with Crippen LogP contribution in [-0.4, -0.2) is 0 Å². The van der Waals surface area contributed by atoms with Crippen molar-refractivity contribution in [3.63, 3.8) is 0 Å². The Morgan fingerprint density at radius 1 is 1.10 bits per heavy atom. The molecule has 1 N–H and O–H groups in total. The standard InChI is InChI=1S/C6H4BrF2N/c7-10-6-2-4(8)1-5(9)3-6/h1-3,10H. The van der Waals surface area contributed by atoms with E-state index in [0.717, 1.165) is 6.07 Å². The van der Waals surface area contributed by atoms with Gasteiger partial charge in [0.25, 0.3) is 0 Å². The first-order valence-electron chi connectivity index (χ1n) is 2.55. The van der Waals surface area contributed by atoms with Crippen molar-refractivity contribution >= 4 is 21.8 Å². The lowest BCUT2D eigenvalue weighted by atomic mass is 10.3. The summed E-state index contributed by atoms with van der Waals surface area (Å²) < 4.78 is 27.1. The van der Waals surface area contributed by atoms with E-state index in [4.69, 9.17) is 0 Å². The molecular weight excluding hydrogens is 204 g/mol. The smallest absolute Gasteiger partial charge is 0.128 e. The van der Waals surface area contributed by atoms with Crippen molar-refractivity contribution in [2.24, 2.45) is 0 Å². The van der Waals surface area contributed by atoms with E-state index in [0.29, 0.717) is 5.69 Å². The van der Waals surface area contributed by atoms with Gasteiger partial charge >= 0.3 is 0 Å². The molecule has 0 saturated carbocycles. The van der Waals surface area contributed by atoms with Crippen LogP contribution in [0, 0.1) is 11.6 Å². The number of hydrogen-bond acceptors (Lipinski definition) is 1. The third-order valence-corrected chi connectivity index (χ3v) is 1.43. The fraction of sp³-hybridized carbons (Fsp3) is 0. The van der Waals surface area contributed by atoms with Gasteiger partial charge in [0, 0.05) is 27.9 Å². The maximum Gasteiger partial charge on any atom is 0.128 e. The Labute approximate surface area is 65.4 Å². The summed E-state index contributed by atoms with van der Waals surface area (Å²) >= 11 is 2.84. The fourth-order valence-electron chi connectivity index (χ4n) is 0.608. The lowest BCUT2D eigenvalue weighted by molar-refractivity contribution is 0.584. The normalized spacial score (nSPS) is 9.50. The highest BCUT2D eigenvalue weighted by atomic mass is 79.9. The van der Waals surface area contributed by atoms with Crippen LogP contribution in [0.1, 0.15) is 0 Å². The van der Waals surface area contributed by atoms with E-state index >= 15 is 0 Å². The lowest BCUT2D eigenvalue weighted by Gasteiger charge is -1.96. The Morgan fingerprint density at radius 3 is 2.00 bits per heavy atom. The maximum atomic E-state index is 12.3. The maximum absolute atomic E-state index is 12.3. The van der Waals surface area contributed by atoms with Crippen LogP contribution in [-0.2, 0) is 0 Å². The molecule has 1 aromatic carbocycles. The quantitative estimate of drug-likeness (QED) is 0.699. The van der Waals surface area contributed by atoms with E-state index in [2.05, 4.69) is 20.5 Å². The van der Waals surface area contributed by atoms with Gasteiger partial charge in [-0.05, 0) is 12.1 Å². The molecule has 4 heteroatoms. The first kappa shape index (κ1) is 7.47. The minimum absolute atomic E-state index is 0.359. The largest absolute Gasteiger partial charge is 0.322 e. The second kappa shape index (κ2) is 2.96. The van der Waals surface area contributed by atoms with Crippen molar-refractivity contribution in [3.05, 3.63) is 29.8 Å². The minimum atomic E-state index is -0.595. The first-order valence-corrected chi connectivity index (χ1v) is 3.34. The zero-order chi connectivity index (χ0) is 7.56. The van der Waals surface area contributed by atoms with Crippen LogP contribution in [0.25, 0.3) is 0 Å². The van der Waals surface area contributed by atoms with Gasteiger partial charge in [-0.15, -0.1) is 0 Å². The topological polar surface area (TPSA) is 12.0 Å². The Kier molecular flexibility index (Phi) is 2.21. The number of anilines is 1. The summed E-state index contributed by atoms with van der Waals surface area (Å²) in [6.07, 6.45) is 0. The molecule has 0 amide bonds. The molecule has 0 bridgehead atoms. The van der Waals surface area contributed by atoms with Gasteiger partial charge in [0.05, 0.1) is 0 Å². The summed E-state index contributed by atoms with van der Waals surface area (Å²) in [6, 6.07) is 3.17. The molecule has 0 spiro atoms. The van der Waals surface area contributed by atoms with Crippen LogP contribution in [0.5, 0.6) is 0 Å². The molecule has 0 aromatic heterocycles. The molecular formula is C6H4BrF2N. The molecule has 1 aromatic rings. The summed E-state index contributed by atoms with van der Waals surface area (Å²) in [5, 5.41) is 0. The molecule has 0 heterocycles. The van der Waals surface area contributed by atoms with E-state index in [9.17, 15) is 8.78 Å². The van der Waals surface area contributed by atoms with Crippen LogP contribution in [0.3, 0.4) is 0 Å². The summed E-state index contributed by atoms with van der Waals surface area (Å²) in [4.78, 5) is 0. The molecule has 10 heavy (non-hydrogen) atoms. The van der Waals surface area contributed by atoms with Gasteiger partial charge in [0.15, 0.2) is 0 Å². The molecule has 0 aliphatic rings. The van der Waals surface area contributed by atoms with Gasteiger partial charge in [-0.25, -0.2) is 8.78 Å². The van der Waals surface area contributed by atoms with Gasteiger partial charge in [0.1, 0.15) is 11.6 Å². The van der Waals surface area contributed by atoms with Gasteiger partial charge in [-0.3, -0.25) is 0 Å². The van der Waals surface area contributed by atoms with E-state index in [1.165, 1.54) is 12.1 Å².